The van der Waals surface area contributed by atoms with E-state index in [0.717, 1.165) is 25.2 Å². The van der Waals surface area contributed by atoms with Gasteiger partial charge in [0.25, 0.3) is 0 Å². The van der Waals surface area contributed by atoms with Gasteiger partial charge in [0.05, 0.1) is 17.4 Å². The topological polar surface area (TPSA) is 81.1 Å². The summed E-state index contributed by atoms with van der Waals surface area (Å²) in [6.07, 6.45) is 5.84. The molecule has 0 unspecified atom stereocenters. The summed E-state index contributed by atoms with van der Waals surface area (Å²) in [5.74, 6) is 0.710. The Kier molecular flexibility index (Phi) is 3.08. The van der Waals surface area contributed by atoms with Crippen molar-refractivity contribution in [1.82, 2.24) is 14.9 Å². The fourth-order valence-electron chi connectivity index (χ4n) is 2.81. The van der Waals surface area contributed by atoms with Gasteiger partial charge < -0.3 is 9.88 Å². The summed E-state index contributed by atoms with van der Waals surface area (Å²) in [6, 6.07) is 0.0810. The third kappa shape index (κ3) is 2.65. The van der Waals surface area contributed by atoms with Crippen LogP contribution in [0, 0.1) is 5.92 Å². The highest BCUT2D eigenvalue weighted by Crippen LogP contribution is 2.20. The number of sulfone groups is 1. The second-order valence-electron chi connectivity index (χ2n) is 5.34. The first kappa shape index (κ1) is 12.7. The van der Waals surface area contributed by atoms with E-state index in [4.69, 9.17) is 0 Å². The van der Waals surface area contributed by atoms with Crippen molar-refractivity contribution in [3.8, 4) is 0 Å². The van der Waals surface area contributed by atoms with Crippen LogP contribution < -0.4 is 5.32 Å². The Morgan fingerprint density at radius 1 is 1.42 bits per heavy atom. The van der Waals surface area contributed by atoms with Crippen molar-refractivity contribution in [3.05, 3.63) is 18.2 Å². The van der Waals surface area contributed by atoms with Crippen LogP contribution >= 0.6 is 0 Å². The van der Waals surface area contributed by atoms with Crippen LogP contribution in [0.1, 0.15) is 18.7 Å². The fraction of sp³-hybridized carbons (Fsp3) is 0.667. The molecule has 19 heavy (non-hydrogen) atoms. The summed E-state index contributed by atoms with van der Waals surface area (Å²) in [5, 5.41) is 2.98. The van der Waals surface area contributed by atoms with Crippen molar-refractivity contribution in [3.63, 3.8) is 0 Å². The maximum absolute atomic E-state index is 12.1. The van der Waals surface area contributed by atoms with Gasteiger partial charge in [-0.25, -0.2) is 13.4 Å². The minimum atomic E-state index is -3.00. The van der Waals surface area contributed by atoms with Gasteiger partial charge in [-0.15, -0.1) is 0 Å². The monoisotopic (exact) mass is 283 g/mol. The van der Waals surface area contributed by atoms with E-state index in [9.17, 15) is 13.2 Å². The Morgan fingerprint density at radius 2 is 2.26 bits per heavy atom. The maximum Gasteiger partial charge on any atom is 0.224 e. The minimum Gasteiger partial charge on any atom is -0.351 e. The molecule has 0 radical (unpaired) electrons. The summed E-state index contributed by atoms with van der Waals surface area (Å²) in [7, 11) is -3.00. The van der Waals surface area contributed by atoms with Crippen LogP contribution in [0.3, 0.4) is 0 Å². The molecule has 0 saturated carbocycles. The molecule has 1 aromatic rings. The number of aryl methyl sites for hydroxylation is 1. The number of aromatic nitrogens is 2. The maximum atomic E-state index is 12.1. The fourth-order valence-corrected chi connectivity index (χ4v) is 4.55. The highest BCUT2D eigenvalue weighted by molar-refractivity contribution is 7.91. The van der Waals surface area contributed by atoms with Gasteiger partial charge in [0.2, 0.25) is 5.91 Å². The molecule has 1 aromatic heterocycles. The molecule has 104 valence electrons. The number of hydrogen-bond acceptors (Lipinski definition) is 4. The van der Waals surface area contributed by atoms with Crippen molar-refractivity contribution in [2.24, 2.45) is 5.92 Å². The van der Waals surface area contributed by atoms with Gasteiger partial charge in [0.1, 0.15) is 5.82 Å². The molecule has 1 saturated heterocycles. The highest BCUT2D eigenvalue weighted by atomic mass is 32.2. The van der Waals surface area contributed by atoms with E-state index in [2.05, 4.69) is 10.3 Å². The van der Waals surface area contributed by atoms with Crippen molar-refractivity contribution in [2.45, 2.75) is 31.8 Å². The van der Waals surface area contributed by atoms with Gasteiger partial charge in [0.15, 0.2) is 9.84 Å². The predicted molar refractivity (Wildman–Crippen MR) is 69.2 cm³/mol. The van der Waals surface area contributed by atoms with Gasteiger partial charge in [-0.2, -0.15) is 0 Å². The first-order chi connectivity index (χ1) is 9.03. The normalized spacial score (nSPS) is 28.8. The molecule has 0 aliphatic carbocycles. The van der Waals surface area contributed by atoms with Gasteiger partial charge >= 0.3 is 0 Å². The summed E-state index contributed by atoms with van der Waals surface area (Å²) < 4.78 is 24.8. The van der Waals surface area contributed by atoms with Crippen molar-refractivity contribution in [2.75, 3.05) is 11.5 Å². The molecule has 2 aliphatic heterocycles. The number of imidazole rings is 1. The molecule has 1 fully saturated rings. The van der Waals surface area contributed by atoms with E-state index in [1.165, 1.54) is 0 Å². The first-order valence-corrected chi connectivity index (χ1v) is 8.36. The number of nitrogens with zero attached hydrogens (tertiary/aromatic N) is 2. The molecule has 7 heteroatoms. The predicted octanol–water partition coefficient (Wildman–Crippen LogP) is -0.251. The Balaban J connectivity index is 1.59. The second-order valence-corrected chi connectivity index (χ2v) is 7.57. The highest BCUT2D eigenvalue weighted by Gasteiger charge is 2.34. The lowest BCUT2D eigenvalue weighted by atomic mass is 10.0. The number of fused-ring (bicyclic) bond motifs is 1. The quantitative estimate of drug-likeness (QED) is 0.811. The van der Waals surface area contributed by atoms with Crippen LogP contribution in [0.5, 0.6) is 0 Å². The van der Waals surface area contributed by atoms with Gasteiger partial charge in [-0.1, -0.05) is 0 Å². The summed E-state index contributed by atoms with van der Waals surface area (Å²) in [6.45, 7) is 0.723. The van der Waals surface area contributed by atoms with Crippen molar-refractivity contribution in [1.29, 1.82) is 0 Å². The number of carbonyl (C=O) groups excluding carboxylic acids is 1. The van der Waals surface area contributed by atoms with E-state index < -0.39 is 9.84 Å². The molecule has 1 N–H and O–H groups in total. The van der Waals surface area contributed by atoms with Gasteiger partial charge in [-0.05, 0) is 12.8 Å². The van der Waals surface area contributed by atoms with Crippen molar-refractivity contribution >= 4 is 15.7 Å². The summed E-state index contributed by atoms with van der Waals surface area (Å²) in [5.41, 5.74) is 0. The molecule has 0 spiro atoms. The first-order valence-electron chi connectivity index (χ1n) is 6.54. The lowest BCUT2D eigenvalue weighted by molar-refractivity contribution is -0.125. The molecule has 2 aliphatic rings. The molecular weight excluding hydrogens is 266 g/mol. The Hall–Kier alpha value is -1.37. The SMILES string of the molecule is O=C(N[C@H]1CCc2nccn2C1)[C@H]1CCS(=O)(=O)C1. The molecule has 3 heterocycles. The van der Waals surface area contributed by atoms with Crippen LogP contribution in [-0.4, -0.2) is 41.4 Å². The van der Waals surface area contributed by atoms with E-state index in [1.807, 2.05) is 10.8 Å². The number of nitrogens with one attached hydrogen (secondary N) is 1. The van der Waals surface area contributed by atoms with E-state index in [-0.39, 0.29) is 29.4 Å². The van der Waals surface area contributed by atoms with Crippen molar-refractivity contribution < 1.29 is 13.2 Å². The molecule has 6 nitrogen and oxygen atoms in total. The molecule has 3 rings (SSSR count). The van der Waals surface area contributed by atoms with Crippen LogP contribution in [0.25, 0.3) is 0 Å². The van der Waals surface area contributed by atoms with Crippen LogP contribution in [0.4, 0.5) is 0 Å². The third-order valence-corrected chi connectivity index (χ3v) is 5.65. The van der Waals surface area contributed by atoms with Gasteiger partial charge in [0, 0.05) is 31.4 Å². The largest absolute Gasteiger partial charge is 0.351 e. The van der Waals surface area contributed by atoms with Crippen LogP contribution in [0.15, 0.2) is 12.4 Å². The van der Waals surface area contributed by atoms with E-state index in [0.29, 0.717) is 6.42 Å². The zero-order valence-corrected chi connectivity index (χ0v) is 11.4. The average molecular weight is 283 g/mol. The standard InChI is InChI=1S/C12H17N3O3S/c16-12(9-3-6-19(17,18)8-9)14-10-1-2-11-13-4-5-15(11)7-10/h4-5,9-10H,1-3,6-8H2,(H,14,16)/t9-,10-/m0/s1. The lowest BCUT2D eigenvalue weighted by Gasteiger charge is -2.25. The zero-order valence-electron chi connectivity index (χ0n) is 10.6. The molecule has 1 amide bonds. The van der Waals surface area contributed by atoms with Gasteiger partial charge in [-0.3, -0.25) is 4.79 Å². The Labute approximate surface area is 112 Å². The second kappa shape index (κ2) is 4.63. The number of carbonyl (C=O) groups is 1. The average Bonchev–Trinajstić information content (AvgIpc) is 2.94. The van der Waals surface area contributed by atoms with Crippen LogP contribution in [-0.2, 0) is 27.6 Å². The smallest absolute Gasteiger partial charge is 0.224 e. The summed E-state index contributed by atoms with van der Waals surface area (Å²) in [4.78, 5) is 16.3. The Morgan fingerprint density at radius 3 is 3.00 bits per heavy atom. The third-order valence-electron chi connectivity index (χ3n) is 3.88. The molecule has 0 aromatic carbocycles. The Bertz CT molecular complexity index is 593. The minimum absolute atomic E-state index is 0.00186. The number of amides is 1. The lowest BCUT2D eigenvalue weighted by Crippen LogP contribution is -2.43. The zero-order chi connectivity index (χ0) is 13.5. The molecule has 0 bridgehead atoms. The number of rotatable bonds is 2. The molecular formula is C12H17N3O3S. The van der Waals surface area contributed by atoms with Crippen LogP contribution in [0.2, 0.25) is 0 Å². The number of hydrogen-bond donors (Lipinski definition) is 1. The van der Waals surface area contributed by atoms with E-state index in [1.54, 1.807) is 6.20 Å². The van der Waals surface area contributed by atoms with E-state index >= 15 is 0 Å². The molecule has 2 atom stereocenters. The summed E-state index contributed by atoms with van der Waals surface area (Å²) >= 11 is 0.